The van der Waals surface area contributed by atoms with Crippen LogP contribution in [0.4, 0.5) is 5.95 Å². The molecule has 2 heterocycles. The first-order chi connectivity index (χ1) is 15.7. The number of ether oxygens (including phenoxy) is 1. The van der Waals surface area contributed by atoms with E-state index in [9.17, 15) is 14.4 Å². The number of aryl methyl sites for hydroxylation is 2. The fourth-order valence-electron chi connectivity index (χ4n) is 4.30. The topological polar surface area (TPSA) is 100 Å². The zero-order valence-corrected chi connectivity index (χ0v) is 20.1. The highest BCUT2D eigenvalue weighted by atomic mass is 35.5. The maximum Gasteiger partial charge on any atom is 0.332 e. The van der Waals surface area contributed by atoms with Crippen LogP contribution in [0.2, 0.25) is 10.0 Å². The van der Waals surface area contributed by atoms with Crippen molar-refractivity contribution < 1.29 is 9.53 Å². The van der Waals surface area contributed by atoms with Crippen molar-refractivity contribution in [2.45, 2.75) is 38.8 Å². The van der Waals surface area contributed by atoms with Gasteiger partial charge >= 0.3 is 11.7 Å². The number of esters is 1. The number of imidazole rings is 1. The van der Waals surface area contributed by atoms with Crippen LogP contribution in [0.3, 0.4) is 0 Å². The van der Waals surface area contributed by atoms with Gasteiger partial charge in [0.1, 0.15) is 0 Å². The molecule has 1 aliphatic rings. The van der Waals surface area contributed by atoms with Gasteiger partial charge in [-0.2, -0.15) is 4.98 Å². The first-order valence-corrected chi connectivity index (χ1v) is 11.5. The summed E-state index contributed by atoms with van der Waals surface area (Å²) in [4.78, 5) is 42.8. The molecule has 1 aromatic carbocycles. The van der Waals surface area contributed by atoms with E-state index in [4.69, 9.17) is 27.9 Å². The molecular formula is C22H25Cl2N5O4. The molecule has 9 nitrogen and oxygen atoms in total. The Morgan fingerprint density at radius 1 is 1.18 bits per heavy atom. The highest BCUT2D eigenvalue weighted by molar-refractivity contribution is 6.42. The predicted octanol–water partition coefficient (Wildman–Crippen LogP) is 2.93. The first kappa shape index (κ1) is 23.4. The van der Waals surface area contributed by atoms with E-state index in [0.717, 1.165) is 17.4 Å². The number of carbonyl (C=O) groups excluding carboxylic acids is 1. The second-order valence-corrected chi connectivity index (χ2v) is 9.07. The minimum atomic E-state index is -0.480. The highest BCUT2D eigenvalue weighted by Crippen LogP contribution is 2.29. The van der Waals surface area contributed by atoms with Crippen LogP contribution in [-0.4, -0.2) is 37.3 Å². The van der Waals surface area contributed by atoms with Crippen molar-refractivity contribution in [1.29, 1.82) is 0 Å². The number of anilines is 1. The van der Waals surface area contributed by atoms with E-state index >= 15 is 0 Å². The summed E-state index contributed by atoms with van der Waals surface area (Å²) in [6, 6.07) is 5.01. The largest absolute Gasteiger partial charge is 0.466 e. The monoisotopic (exact) mass is 493 g/mol. The van der Waals surface area contributed by atoms with Crippen LogP contribution in [0.15, 0.2) is 27.8 Å². The number of nitrogens with one attached hydrogen (secondary N) is 1. The van der Waals surface area contributed by atoms with Crippen molar-refractivity contribution in [2.24, 2.45) is 20.0 Å². The zero-order valence-electron chi connectivity index (χ0n) is 18.6. The summed E-state index contributed by atoms with van der Waals surface area (Å²) in [5, 5.41) is 4.08. The Labute approximate surface area is 199 Å². The van der Waals surface area contributed by atoms with E-state index in [-0.39, 0.29) is 24.5 Å². The molecule has 0 saturated heterocycles. The van der Waals surface area contributed by atoms with Gasteiger partial charge in [0.25, 0.3) is 5.56 Å². The van der Waals surface area contributed by atoms with E-state index in [2.05, 4.69) is 10.3 Å². The Bertz CT molecular complexity index is 1340. The number of carbonyl (C=O) groups is 1. The van der Waals surface area contributed by atoms with Crippen LogP contribution >= 0.6 is 23.2 Å². The average molecular weight is 494 g/mol. The number of aromatic nitrogens is 4. The highest BCUT2D eigenvalue weighted by Gasteiger charge is 2.32. The van der Waals surface area contributed by atoms with Gasteiger partial charge in [-0.3, -0.25) is 18.7 Å². The number of benzene rings is 1. The van der Waals surface area contributed by atoms with E-state index in [0.29, 0.717) is 45.7 Å². The lowest BCUT2D eigenvalue weighted by molar-refractivity contribution is -0.147. The molecule has 176 valence electrons. The van der Waals surface area contributed by atoms with Crippen LogP contribution in [-0.2, 0) is 30.2 Å². The standard InChI is InChI=1S/C22H25Cl2N5O4/c1-4-33-20(31)13-6-7-14(10-13)25-21-26-18-17(27(21)2)19(30)29(22(32)28(18)3)11-12-5-8-15(23)16(24)9-12/h5,8-9,13-14H,4,6-7,10-11H2,1-3H3,(H,25,26)/t13-,14+/m1/s1. The summed E-state index contributed by atoms with van der Waals surface area (Å²) < 4.78 is 9.29. The molecule has 11 heteroatoms. The molecule has 0 spiro atoms. The van der Waals surface area contributed by atoms with Crippen molar-refractivity contribution in [3.8, 4) is 0 Å². The van der Waals surface area contributed by atoms with Gasteiger partial charge in [0, 0.05) is 20.1 Å². The van der Waals surface area contributed by atoms with Crippen molar-refractivity contribution in [1.82, 2.24) is 18.7 Å². The maximum absolute atomic E-state index is 13.3. The SMILES string of the molecule is CCOC(=O)[C@@H]1CC[C@H](Nc2nc3c(c(=O)n(Cc4ccc(Cl)c(Cl)c4)c(=O)n3C)n2C)C1. The Morgan fingerprint density at radius 2 is 1.94 bits per heavy atom. The van der Waals surface area contributed by atoms with E-state index in [1.54, 1.807) is 43.8 Å². The maximum atomic E-state index is 13.3. The van der Waals surface area contributed by atoms with Gasteiger partial charge in [-0.05, 0) is 43.9 Å². The number of hydrogen-bond donors (Lipinski definition) is 1. The normalized spacial score (nSPS) is 18.1. The van der Waals surface area contributed by atoms with Crippen molar-refractivity contribution in [2.75, 3.05) is 11.9 Å². The third-order valence-electron chi connectivity index (χ3n) is 6.07. The van der Waals surface area contributed by atoms with Gasteiger partial charge in [0.05, 0.1) is 29.1 Å². The smallest absolute Gasteiger partial charge is 0.332 e. The zero-order chi connectivity index (χ0) is 23.9. The second kappa shape index (κ2) is 9.23. The summed E-state index contributed by atoms with van der Waals surface area (Å²) in [5.74, 6) is 0.142. The molecule has 1 fully saturated rings. The Hall–Kier alpha value is -2.78. The third kappa shape index (κ3) is 4.39. The van der Waals surface area contributed by atoms with E-state index in [1.807, 2.05) is 0 Å². The Balaban J connectivity index is 1.66. The van der Waals surface area contributed by atoms with Crippen LogP contribution in [0.25, 0.3) is 11.2 Å². The van der Waals surface area contributed by atoms with Crippen molar-refractivity contribution >= 4 is 46.3 Å². The van der Waals surface area contributed by atoms with Gasteiger partial charge in [-0.15, -0.1) is 0 Å². The van der Waals surface area contributed by atoms with Gasteiger partial charge in [-0.25, -0.2) is 4.79 Å². The van der Waals surface area contributed by atoms with Crippen molar-refractivity contribution in [3.63, 3.8) is 0 Å². The molecule has 4 rings (SSSR count). The molecule has 0 unspecified atom stereocenters. The summed E-state index contributed by atoms with van der Waals surface area (Å²) in [5.41, 5.74) is 0.351. The minimum Gasteiger partial charge on any atom is -0.466 e. The molecule has 1 N–H and O–H groups in total. The lowest BCUT2D eigenvalue weighted by Crippen LogP contribution is -2.39. The lowest BCUT2D eigenvalue weighted by Gasteiger charge is -2.13. The quantitative estimate of drug-likeness (QED) is 0.529. The Morgan fingerprint density at radius 3 is 2.64 bits per heavy atom. The van der Waals surface area contributed by atoms with Crippen LogP contribution < -0.4 is 16.6 Å². The van der Waals surface area contributed by atoms with Crippen LogP contribution in [0.1, 0.15) is 31.7 Å². The molecule has 3 aromatic rings. The summed E-state index contributed by atoms with van der Waals surface area (Å²) in [7, 11) is 3.31. The second-order valence-electron chi connectivity index (χ2n) is 8.25. The molecular weight excluding hydrogens is 469 g/mol. The summed E-state index contributed by atoms with van der Waals surface area (Å²) >= 11 is 12.1. The number of fused-ring (bicyclic) bond motifs is 1. The van der Waals surface area contributed by atoms with E-state index < -0.39 is 11.2 Å². The lowest BCUT2D eigenvalue weighted by atomic mass is 10.1. The van der Waals surface area contributed by atoms with Crippen molar-refractivity contribution in [3.05, 3.63) is 54.6 Å². The van der Waals surface area contributed by atoms with Gasteiger partial charge in [-0.1, -0.05) is 29.3 Å². The fraction of sp³-hybridized carbons (Fsp3) is 0.455. The third-order valence-corrected chi connectivity index (χ3v) is 6.81. The number of hydrogen-bond acceptors (Lipinski definition) is 6. The number of nitrogens with zero attached hydrogens (tertiary/aromatic N) is 4. The Kier molecular flexibility index (Phi) is 6.54. The molecule has 0 amide bonds. The van der Waals surface area contributed by atoms with Crippen LogP contribution in [0, 0.1) is 5.92 Å². The first-order valence-electron chi connectivity index (χ1n) is 10.7. The van der Waals surface area contributed by atoms with E-state index in [1.165, 1.54) is 4.57 Å². The molecule has 2 atom stereocenters. The van der Waals surface area contributed by atoms with Gasteiger partial charge in [0.2, 0.25) is 5.95 Å². The molecule has 0 bridgehead atoms. The average Bonchev–Trinajstić information content (AvgIpc) is 3.38. The molecule has 1 aliphatic carbocycles. The summed E-state index contributed by atoms with van der Waals surface area (Å²) in [6.45, 7) is 2.21. The summed E-state index contributed by atoms with van der Waals surface area (Å²) in [6.07, 6.45) is 2.14. The number of halogens is 2. The van der Waals surface area contributed by atoms with Gasteiger partial charge < -0.3 is 14.6 Å². The molecule has 33 heavy (non-hydrogen) atoms. The molecule has 0 aliphatic heterocycles. The van der Waals surface area contributed by atoms with Crippen LogP contribution in [0.5, 0.6) is 0 Å². The minimum absolute atomic E-state index is 0.0189. The predicted molar refractivity (Wildman–Crippen MR) is 127 cm³/mol. The van der Waals surface area contributed by atoms with Gasteiger partial charge in [0.15, 0.2) is 11.2 Å². The molecule has 1 saturated carbocycles. The fourth-order valence-corrected chi connectivity index (χ4v) is 4.62. The number of rotatable bonds is 6. The molecule has 0 radical (unpaired) electrons. The molecule has 2 aromatic heterocycles.